The summed E-state index contributed by atoms with van der Waals surface area (Å²) in [6.45, 7) is 8.11. The average Bonchev–Trinajstić information content (AvgIpc) is 2.26. The number of rotatable bonds is 4. The Balaban J connectivity index is 2.97. The highest BCUT2D eigenvalue weighted by Crippen LogP contribution is 2.15. The molecule has 1 rings (SSSR count). The van der Waals surface area contributed by atoms with Crippen LogP contribution in [-0.4, -0.2) is 12.8 Å². The van der Waals surface area contributed by atoms with Crippen LogP contribution in [0.4, 0.5) is 0 Å². The molecule has 0 saturated heterocycles. The van der Waals surface area contributed by atoms with E-state index in [1.807, 2.05) is 0 Å². The van der Waals surface area contributed by atoms with Crippen molar-refractivity contribution in [3.05, 3.63) is 48.0 Å². The third kappa shape index (κ3) is 2.94. The van der Waals surface area contributed by atoms with Crippen molar-refractivity contribution in [3.63, 3.8) is 0 Å². The smallest absolute Gasteiger partial charge is 0.0895 e. The second-order valence-electron chi connectivity index (χ2n) is 3.70. The van der Waals surface area contributed by atoms with Crippen LogP contribution >= 0.6 is 0 Å². The zero-order chi connectivity index (χ0) is 11.3. The van der Waals surface area contributed by atoms with Crippen molar-refractivity contribution < 1.29 is 0 Å². The van der Waals surface area contributed by atoms with Crippen molar-refractivity contribution in [1.82, 2.24) is 5.43 Å². The zero-order valence-electron chi connectivity index (χ0n) is 9.62. The second-order valence-corrected chi connectivity index (χ2v) is 3.70. The van der Waals surface area contributed by atoms with Crippen LogP contribution in [0.5, 0.6) is 0 Å². The number of hydrazone groups is 1. The first kappa shape index (κ1) is 11.5. The maximum Gasteiger partial charge on any atom is 0.0895 e. The molecule has 0 radical (unpaired) electrons. The van der Waals surface area contributed by atoms with Crippen LogP contribution in [0.25, 0.3) is 0 Å². The van der Waals surface area contributed by atoms with E-state index in [0.717, 1.165) is 11.3 Å². The Morgan fingerprint density at radius 1 is 1.33 bits per heavy atom. The molecule has 0 unspecified atom stereocenters. The van der Waals surface area contributed by atoms with Gasteiger partial charge in [0.15, 0.2) is 0 Å². The maximum atomic E-state index is 4.14. The molecule has 0 atom stereocenters. The monoisotopic (exact) mass is 202 g/mol. The average molecular weight is 202 g/mol. The van der Waals surface area contributed by atoms with E-state index < -0.39 is 0 Å². The molecule has 0 spiro atoms. The molecular weight excluding hydrogens is 184 g/mol. The zero-order valence-corrected chi connectivity index (χ0v) is 9.62. The molecule has 1 aromatic rings. The Kier molecular flexibility index (Phi) is 4.10. The lowest BCUT2D eigenvalue weighted by atomic mass is 10.0. The molecule has 0 amide bonds. The Morgan fingerprint density at radius 2 is 1.93 bits per heavy atom. The van der Waals surface area contributed by atoms with Gasteiger partial charge in [0.05, 0.1) is 5.71 Å². The van der Waals surface area contributed by atoms with Gasteiger partial charge < -0.3 is 5.43 Å². The van der Waals surface area contributed by atoms with Gasteiger partial charge in [0, 0.05) is 12.6 Å². The predicted octanol–water partition coefficient (Wildman–Crippen LogP) is 2.92. The summed E-state index contributed by atoms with van der Waals surface area (Å²) in [6.07, 6.45) is 1.75. The molecule has 0 aliphatic heterocycles. The standard InChI is InChI=1S/C13H18N2/c1-5-13(15-14-4)12-8-6-11(7-9-12)10(2)3/h5-10,14H,1H2,2-4H3/b15-13+. The van der Waals surface area contributed by atoms with Crippen molar-refractivity contribution in [2.75, 3.05) is 7.05 Å². The molecule has 0 aromatic heterocycles. The molecule has 0 heterocycles. The third-order valence-electron chi connectivity index (χ3n) is 2.30. The van der Waals surface area contributed by atoms with Gasteiger partial charge in [-0.2, -0.15) is 5.10 Å². The lowest BCUT2D eigenvalue weighted by molar-refractivity contribution is 0.866. The van der Waals surface area contributed by atoms with Crippen LogP contribution in [0, 0.1) is 0 Å². The molecule has 1 N–H and O–H groups in total. The lowest BCUT2D eigenvalue weighted by Crippen LogP contribution is -2.04. The molecule has 0 aliphatic carbocycles. The minimum Gasteiger partial charge on any atom is -0.313 e. The second kappa shape index (κ2) is 5.35. The van der Waals surface area contributed by atoms with E-state index in [0.29, 0.717) is 5.92 Å². The van der Waals surface area contributed by atoms with Gasteiger partial charge in [-0.05, 0) is 17.6 Å². The molecule has 0 aliphatic rings. The Bertz CT molecular complexity index is 347. The summed E-state index contributed by atoms with van der Waals surface area (Å²) >= 11 is 0. The summed E-state index contributed by atoms with van der Waals surface area (Å²) in [5, 5.41) is 4.14. The van der Waals surface area contributed by atoms with Crippen molar-refractivity contribution in [1.29, 1.82) is 0 Å². The molecule has 2 nitrogen and oxygen atoms in total. The Hall–Kier alpha value is -1.57. The molecule has 2 heteroatoms. The number of allylic oxidation sites excluding steroid dienone is 1. The van der Waals surface area contributed by atoms with Gasteiger partial charge in [-0.25, -0.2) is 0 Å². The maximum absolute atomic E-state index is 4.14. The Morgan fingerprint density at radius 3 is 2.33 bits per heavy atom. The van der Waals surface area contributed by atoms with Crippen molar-refractivity contribution in [2.24, 2.45) is 5.10 Å². The molecule has 0 bridgehead atoms. The molecule has 15 heavy (non-hydrogen) atoms. The van der Waals surface area contributed by atoms with Gasteiger partial charge in [-0.1, -0.05) is 44.7 Å². The number of benzene rings is 1. The van der Waals surface area contributed by atoms with Crippen molar-refractivity contribution in [2.45, 2.75) is 19.8 Å². The van der Waals surface area contributed by atoms with Gasteiger partial charge >= 0.3 is 0 Å². The summed E-state index contributed by atoms with van der Waals surface area (Å²) < 4.78 is 0. The highest BCUT2D eigenvalue weighted by atomic mass is 15.3. The van der Waals surface area contributed by atoms with Crippen molar-refractivity contribution >= 4 is 5.71 Å². The number of hydrogen-bond donors (Lipinski definition) is 1. The normalized spacial score (nSPS) is 11.6. The van der Waals surface area contributed by atoms with E-state index in [4.69, 9.17) is 0 Å². The molecule has 0 saturated carbocycles. The van der Waals surface area contributed by atoms with Crippen LogP contribution in [-0.2, 0) is 0 Å². The van der Waals surface area contributed by atoms with E-state index in [-0.39, 0.29) is 0 Å². The summed E-state index contributed by atoms with van der Waals surface area (Å²) in [6, 6.07) is 8.42. The van der Waals surface area contributed by atoms with E-state index in [9.17, 15) is 0 Å². The highest BCUT2D eigenvalue weighted by Gasteiger charge is 2.01. The Labute approximate surface area is 91.7 Å². The topological polar surface area (TPSA) is 24.4 Å². The first-order valence-corrected chi connectivity index (χ1v) is 5.16. The molecular formula is C13H18N2. The first-order chi connectivity index (χ1) is 7.19. The van der Waals surface area contributed by atoms with Crippen LogP contribution in [0.15, 0.2) is 42.0 Å². The van der Waals surface area contributed by atoms with E-state index in [1.165, 1.54) is 5.56 Å². The van der Waals surface area contributed by atoms with Gasteiger partial charge in [0.25, 0.3) is 0 Å². The van der Waals surface area contributed by atoms with Crippen LogP contribution in [0.3, 0.4) is 0 Å². The van der Waals surface area contributed by atoms with Gasteiger partial charge in [-0.3, -0.25) is 0 Å². The summed E-state index contributed by atoms with van der Waals surface area (Å²) in [7, 11) is 1.78. The van der Waals surface area contributed by atoms with E-state index in [2.05, 4.69) is 55.2 Å². The minimum atomic E-state index is 0.562. The molecule has 80 valence electrons. The largest absolute Gasteiger partial charge is 0.313 e. The van der Waals surface area contributed by atoms with E-state index in [1.54, 1.807) is 13.1 Å². The van der Waals surface area contributed by atoms with Gasteiger partial charge in [0.2, 0.25) is 0 Å². The third-order valence-corrected chi connectivity index (χ3v) is 2.30. The summed E-state index contributed by atoms with van der Waals surface area (Å²) in [4.78, 5) is 0. The fraction of sp³-hybridized carbons (Fsp3) is 0.308. The van der Waals surface area contributed by atoms with Crippen molar-refractivity contribution in [3.8, 4) is 0 Å². The fourth-order valence-electron chi connectivity index (χ4n) is 1.39. The quantitative estimate of drug-likeness (QED) is 0.589. The summed E-state index contributed by atoms with van der Waals surface area (Å²) in [5.41, 5.74) is 6.07. The first-order valence-electron chi connectivity index (χ1n) is 5.16. The number of nitrogens with zero attached hydrogens (tertiary/aromatic N) is 1. The SMILES string of the molecule is C=C/C(=N\NC)c1ccc(C(C)C)cc1. The highest BCUT2D eigenvalue weighted by molar-refractivity contribution is 6.08. The van der Waals surface area contributed by atoms with Crippen LogP contribution < -0.4 is 5.43 Å². The van der Waals surface area contributed by atoms with E-state index >= 15 is 0 Å². The van der Waals surface area contributed by atoms with Crippen LogP contribution in [0.1, 0.15) is 30.9 Å². The van der Waals surface area contributed by atoms with Gasteiger partial charge in [-0.15, -0.1) is 0 Å². The molecule has 0 fully saturated rings. The number of hydrogen-bond acceptors (Lipinski definition) is 2. The van der Waals surface area contributed by atoms with Gasteiger partial charge in [0.1, 0.15) is 0 Å². The minimum absolute atomic E-state index is 0.562. The van der Waals surface area contributed by atoms with Crippen LogP contribution in [0.2, 0.25) is 0 Å². The lowest BCUT2D eigenvalue weighted by Gasteiger charge is -2.06. The molecule has 1 aromatic carbocycles. The predicted molar refractivity (Wildman–Crippen MR) is 66.3 cm³/mol. The summed E-state index contributed by atoms with van der Waals surface area (Å²) in [5.74, 6) is 0.562. The fourth-order valence-corrected chi connectivity index (χ4v) is 1.39. The number of nitrogens with one attached hydrogen (secondary N) is 1.